The number of aryl methyl sites for hydroxylation is 2. The van der Waals surface area contributed by atoms with Gasteiger partial charge >= 0.3 is 0 Å². The van der Waals surface area contributed by atoms with Crippen LogP contribution in [0, 0.1) is 5.92 Å². The molecule has 2 nitrogen and oxygen atoms in total. The molecule has 19 heavy (non-hydrogen) atoms. The lowest BCUT2D eigenvalue weighted by molar-refractivity contribution is 0.382. The number of nitrogens with one attached hydrogen (secondary N) is 1. The maximum absolute atomic E-state index is 3.73. The van der Waals surface area contributed by atoms with E-state index in [0.717, 1.165) is 12.5 Å². The monoisotopic (exact) mass is 258 g/mol. The van der Waals surface area contributed by atoms with Gasteiger partial charge in [0.05, 0.1) is 0 Å². The molecule has 1 saturated heterocycles. The number of likely N-dealkylation sites (tertiary alicyclic amines) is 1. The first-order valence-electron chi connectivity index (χ1n) is 7.76. The fraction of sp³-hybridized carbons (Fsp3) is 0.647. The van der Waals surface area contributed by atoms with Crippen molar-refractivity contribution in [3.05, 3.63) is 34.9 Å². The third-order valence-corrected chi connectivity index (χ3v) is 4.82. The van der Waals surface area contributed by atoms with Crippen LogP contribution in [-0.2, 0) is 12.8 Å². The van der Waals surface area contributed by atoms with E-state index in [2.05, 4.69) is 42.4 Å². The molecule has 1 aromatic rings. The first-order valence-corrected chi connectivity index (χ1v) is 7.76. The van der Waals surface area contributed by atoms with Gasteiger partial charge in [-0.05, 0) is 75.4 Å². The van der Waals surface area contributed by atoms with Crippen LogP contribution >= 0.6 is 0 Å². The van der Waals surface area contributed by atoms with Gasteiger partial charge < -0.3 is 10.2 Å². The van der Waals surface area contributed by atoms with Gasteiger partial charge in [-0.2, -0.15) is 0 Å². The Kier molecular flexibility index (Phi) is 3.90. The van der Waals surface area contributed by atoms with Crippen LogP contribution < -0.4 is 5.32 Å². The summed E-state index contributed by atoms with van der Waals surface area (Å²) in [4.78, 5) is 2.44. The zero-order valence-electron chi connectivity index (χ0n) is 12.3. The molecule has 1 aliphatic heterocycles. The largest absolute Gasteiger partial charge is 0.310 e. The molecule has 0 spiro atoms. The van der Waals surface area contributed by atoms with Crippen LogP contribution in [0.3, 0.4) is 0 Å². The molecule has 1 N–H and O–H groups in total. The van der Waals surface area contributed by atoms with E-state index in [9.17, 15) is 0 Å². The van der Waals surface area contributed by atoms with Crippen LogP contribution in [-0.4, -0.2) is 31.6 Å². The minimum atomic E-state index is 0.483. The summed E-state index contributed by atoms with van der Waals surface area (Å²) in [6.45, 7) is 5.97. The summed E-state index contributed by atoms with van der Waals surface area (Å²) < 4.78 is 0. The molecule has 1 aromatic carbocycles. The first-order chi connectivity index (χ1) is 9.22. The second-order valence-electron chi connectivity index (χ2n) is 6.43. The van der Waals surface area contributed by atoms with Crippen molar-refractivity contribution in [2.75, 3.05) is 26.7 Å². The molecule has 3 rings (SSSR count). The van der Waals surface area contributed by atoms with Crippen LogP contribution in [0.5, 0.6) is 0 Å². The van der Waals surface area contributed by atoms with Gasteiger partial charge in [0.1, 0.15) is 0 Å². The van der Waals surface area contributed by atoms with E-state index >= 15 is 0 Å². The minimum absolute atomic E-state index is 0.483. The molecule has 0 bridgehead atoms. The second-order valence-corrected chi connectivity index (χ2v) is 6.43. The van der Waals surface area contributed by atoms with Crippen molar-refractivity contribution in [2.45, 2.75) is 38.6 Å². The van der Waals surface area contributed by atoms with E-state index in [0.29, 0.717) is 6.04 Å². The molecule has 1 fully saturated rings. The summed E-state index contributed by atoms with van der Waals surface area (Å²) in [5.74, 6) is 0.835. The Labute approximate surface area is 117 Å². The van der Waals surface area contributed by atoms with Gasteiger partial charge in [0.15, 0.2) is 0 Å². The summed E-state index contributed by atoms with van der Waals surface area (Å²) in [5, 5.41) is 3.73. The Morgan fingerprint density at radius 2 is 2.16 bits per heavy atom. The molecule has 0 saturated carbocycles. The molecule has 1 aliphatic carbocycles. The third kappa shape index (κ3) is 3.01. The molecule has 0 radical (unpaired) electrons. The fourth-order valence-corrected chi connectivity index (χ4v) is 3.52. The van der Waals surface area contributed by atoms with Crippen molar-refractivity contribution in [3.63, 3.8) is 0 Å². The Balaban J connectivity index is 1.56. The summed E-state index contributed by atoms with van der Waals surface area (Å²) in [6, 6.07) is 7.58. The highest BCUT2D eigenvalue weighted by Crippen LogP contribution is 2.25. The van der Waals surface area contributed by atoms with Crippen LogP contribution in [0.1, 0.15) is 42.5 Å². The van der Waals surface area contributed by atoms with Crippen LogP contribution in [0.4, 0.5) is 0 Å². The molecule has 2 unspecified atom stereocenters. The molecule has 0 amide bonds. The minimum Gasteiger partial charge on any atom is -0.310 e. The van der Waals surface area contributed by atoms with Crippen molar-refractivity contribution in [3.8, 4) is 0 Å². The number of hydrogen-bond acceptors (Lipinski definition) is 2. The van der Waals surface area contributed by atoms with Gasteiger partial charge in [-0.1, -0.05) is 18.2 Å². The molecule has 2 aliphatic rings. The number of rotatable bonds is 4. The van der Waals surface area contributed by atoms with Gasteiger partial charge in [-0.3, -0.25) is 0 Å². The lowest BCUT2D eigenvalue weighted by atomic mass is 10.0. The Morgan fingerprint density at radius 3 is 2.95 bits per heavy atom. The summed E-state index contributed by atoms with van der Waals surface area (Å²) in [6.07, 6.45) is 5.25. The second kappa shape index (κ2) is 5.64. The quantitative estimate of drug-likeness (QED) is 0.893. The van der Waals surface area contributed by atoms with Gasteiger partial charge in [-0.25, -0.2) is 0 Å². The smallest absolute Gasteiger partial charge is 0.0292 e. The Morgan fingerprint density at radius 1 is 1.32 bits per heavy atom. The van der Waals surface area contributed by atoms with Crippen molar-refractivity contribution in [1.29, 1.82) is 0 Å². The Bertz CT molecular complexity index is 441. The maximum atomic E-state index is 3.73. The zero-order chi connectivity index (χ0) is 13.2. The molecule has 2 heteroatoms. The van der Waals surface area contributed by atoms with E-state index in [-0.39, 0.29) is 0 Å². The maximum Gasteiger partial charge on any atom is 0.0292 e. The highest BCUT2D eigenvalue weighted by molar-refractivity contribution is 5.36. The zero-order valence-corrected chi connectivity index (χ0v) is 12.3. The van der Waals surface area contributed by atoms with Crippen molar-refractivity contribution >= 4 is 0 Å². The summed E-state index contributed by atoms with van der Waals surface area (Å²) in [5.41, 5.74) is 4.63. The van der Waals surface area contributed by atoms with Gasteiger partial charge in [0.25, 0.3) is 0 Å². The third-order valence-electron chi connectivity index (χ3n) is 4.82. The molecule has 1 heterocycles. The number of nitrogens with zero attached hydrogens (tertiary/aromatic N) is 1. The SMILES string of the molecule is CC(NCC1CCN(C)C1)c1ccc2c(c1)CCC2. The number of hydrogen-bond donors (Lipinski definition) is 1. The van der Waals surface area contributed by atoms with Crippen LogP contribution in [0.25, 0.3) is 0 Å². The fourth-order valence-electron chi connectivity index (χ4n) is 3.52. The lowest BCUT2D eigenvalue weighted by Gasteiger charge is -2.18. The Hall–Kier alpha value is -0.860. The van der Waals surface area contributed by atoms with Gasteiger partial charge in [-0.15, -0.1) is 0 Å². The summed E-state index contributed by atoms with van der Waals surface area (Å²) >= 11 is 0. The summed E-state index contributed by atoms with van der Waals surface area (Å²) in [7, 11) is 2.23. The standard InChI is InChI=1S/C17H26N2/c1-13(18-11-14-8-9-19(2)12-14)16-7-6-15-4-3-5-17(15)10-16/h6-7,10,13-14,18H,3-5,8-9,11-12H2,1-2H3. The van der Waals surface area contributed by atoms with E-state index in [1.54, 1.807) is 11.1 Å². The van der Waals surface area contributed by atoms with Crippen LogP contribution in [0.15, 0.2) is 18.2 Å². The van der Waals surface area contributed by atoms with Crippen molar-refractivity contribution in [2.24, 2.45) is 5.92 Å². The van der Waals surface area contributed by atoms with E-state index in [1.165, 1.54) is 44.3 Å². The van der Waals surface area contributed by atoms with E-state index < -0.39 is 0 Å². The topological polar surface area (TPSA) is 15.3 Å². The molecule has 2 atom stereocenters. The normalized spacial score (nSPS) is 24.6. The van der Waals surface area contributed by atoms with Crippen molar-refractivity contribution < 1.29 is 0 Å². The molecule has 0 aromatic heterocycles. The lowest BCUT2D eigenvalue weighted by Crippen LogP contribution is -2.27. The van der Waals surface area contributed by atoms with Gasteiger partial charge in [0, 0.05) is 12.6 Å². The number of fused-ring (bicyclic) bond motifs is 1. The van der Waals surface area contributed by atoms with Crippen molar-refractivity contribution in [1.82, 2.24) is 10.2 Å². The van der Waals surface area contributed by atoms with Crippen LogP contribution in [0.2, 0.25) is 0 Å². The first kappa shape index (κ1) is 13.1. The molecular weight excluding hydrogens is 232 g/mol. The predicted octanol–water partition coefficient (Wildman–Crippen LogP) is 2.78. The highest BCUT2D eigenvalue weighted by atomic mass is 15.1. The highest BCUT2D eigenvalue weighted by Gasteiger charge is 2.20. The average molecular weight is 258 g/mol. The number of benzene rings is 1. The van der Waals surface area contributed by atoms with E-state index in [1.807, 2.05) is 0 Å². The molecular formula is C17H26N2. The molecule has 104 valence electrons. The van der Waals surface area contributed by atoms with Gasteiger partial charge in [0.2, 0.25) is 0 Å². The average Bonchev–Trinajstić information content (AvgIpc) is 3.03. The predicted molar refractivity (Wildman–Crippen MR) is 80.5 cm³/mol. The van der Waals surface area contributed by atoms with E-state index in [4.69, 9.17) is 0 Å².